The van der Waals surface area contributed by atoms with E-state index in [9.17, 15) is 28.8 Å². The van der Waals surface area contributed by atoms with Gasteiger partial charge in [0, 0.05) is 44.5 Å². The molecule has 0 aromatic rings. The largest absolute Gasteiger partial charge is 0.368 e. The van der Waals surface area contributed by atoms with Gasteiger partial charge >= 0.3 is 5.97 Å². The molecule has 11 nitrogen and oxygen atoms in total. The lowest BCUT2D eigenvalue weighted by atomic mass is 10.3. The molecule has 2 heterocycles. The first-order valence-corrected chi connectivity index (χ1v) is 7.83. The minimum Gasteiger partial charge on any atom is -0.368 e. The van der Waals surface area contributed by atoms with Crippen molar-refractivity contribution >= 4 is 35.5 Å². The molecule has 0 unspecified atom stereocenters. The molecule has 0 aromatic carbocycles. The fourth-order valence-electron chi connectivity index (χ4n) is 2.16. The monoisotopic (exact) mass is 367 g/mol. The Morgan fingerprint density at radius 1 is 1.04 bits per heavy atom. The number of imide groups is 2. The SMILES string of the molecule is O=C(CCN1C(=O)C=CC1=O)NCCOCC(=O)ON1C(=O)CCC1=O. The molecule has 26 heavy (non-hydrogen) atoms. The zero-order valence-electron chi connectivity index (χ0n) is 13.8. The second-order valence-electron chi connectivity index (χ2n) is 5.36. The lowest BCUT2D eigenvalue weighted by molar-refractivity contribution is -0.200. The smallest absolute Gasteiger partial charge is 0.358 e. The third-order valence-electron chi connectivity index (χ3n) is 3.45. The zero-order valence-corrected chi connectivity index (χ0v) is 13.8. The average molecular weight is 367 g/mol. The van der Waals surface area contributed by atoms with Gasteiger partial charge in [-0.2, -0.15) is 0 Å². The van der Waals surface area contributed by atoms with Crippen LogP contribution in [0.25, 0.3) is 0 Å². The highest BCUT2D eigenvalue weighted by Gasteiger charge is 2.32. The number of hydroxylamine groups is 2. The van der Waals surface area contributed by atoms with Crippen molar-refractivity contribution in [2.45, 2.75) is 19.3 Å². The second-order valence-corrected chi connectivity index (χ2v) is 5.36. The van der Waals surface area contributed by atoms with Crippen molar-refractivity contribution in [3.05, 3.63) is 12.2 Å². The summed E-state index contributed by atoms with van der Waals surface area (Å²) < 4.78 is 4.97. The Morgan fingerprint density at radius 2 is 1.65 bits per heavy atom. The van der Waals surface area contributed by atoms with Gasteiger partial charge in [-0.1, -0.05) is 0 Å². The van der Waals surface area contributed by atoms with Crippen molar-refractivity contribution < 1.29 is 38.3 Å². The van der Waals surface area contributed by atoms with E-state index in [-0.39, 0.29) is 39.0 Å². The van der Waals surface area contributed by atoms with Crippen LogP contribution in [-0.2, 0) is 38.3 Å². The third-order valence-corrected chi connectivity index (χ3v) is 3.45. The first-order chi connectivity index (χ1) is 12.4. The number of hydrogen-bond donors (Lipinski definition) is 1. The Morgan fingerprint density at radius 3 is 2.27 bits per heavy atom. The van der Waals surface area contributed by atoms with E-state index in [1.54, 1.807) is 0 Å². The summed E-state index contributed by atoms with van der Waals surface area (Å²) in [6, 6.07) is 0. The topological polar surface area (TPSA) is 139 Å². The van der Waals surface area contributed by atoms with Gasteiger partial charge in [0.1, 0.15) is 6.61 Å². The first kappa shape index (κ1) is 19.2. The van der Waals surface area contributed by atoms with E-state index < -0.39 is 42.1 Å². The maximum absolute atomic E-state index is 11.6. The Kier molecular flexibility index (Phi) is 6.55. The molecular weight excluding hydrogens is 350 g/mol. The third kappa shape index (κ3) is 5.21. The van der Waals surface area contributed by atoms with Crippen LogP contribution in [0.2, 0.25) is 0 Å². The minimum atomic E-state index is -0.904. The molecule has 11 heteroatoms. The van der Waals surface area contributed by atoms with Crippen LogP contribution in [0.4, 0.5) is 0 Å². The van der Waals surface area contributed by atoms with Crippen LogP contribution in [0, 0.1) is 0 Å². The highest BCUT2D eigenvalue weighted by atomic mass is 16.7. The summed E-state index contributed by atoms with van der Waals surface area (Å²) in [4.78, 5) is 73.7. The van der Waals surface area contributed by atoms with Crippen molar-refractivity contribution in [2.24, 2.45) is 0 Å². The van der Waals surface area contributed by atoms with Crippen LogP contribution in [0.15, 0.2) is 12.2 Å². The highest BCUT2D eigenvalue weighted by Crippen LogP contribution is 2.11. The molecular formula is C15H17N3O8. The van der Waals surface area contributed by atoms with Crippen molar-refractivity contribution in [3.63, 3.8) is 0 Å². The molecule has 0 spiro atoms. The van der Waals surface area contributed by atoms with Gasteiger partial charge in [0.15, 0.2) is 0 Å². The summed E-state index contributed by atoms with van der Waals surface area (Å²) in [6.07, 6.45) is 2.22. The van der Waals surface area contributed by atoms with E-state index in [0.29, 0.717) is 5.06 Å². The van der Waals surface area contributed by atoms with Crippen LogP contribution >= 0.6 is 0 Å². The molecule has 2 aliphatic rings. The molecule has 1 saturated heterocycles. The predicted molar refractivity (Wildman–Crippen MR) is 81.5 cm³/mol. The number of carbonyl (C=O) groups excluding carboxylic acids is 6. The predicted octanol–water partition coefficient (Wildman–Crippen LogP) is -1.96. The molecule has 1 fully saturated rings. The van der Waals surface area contributed by atoms with Crippen LogP contribution in [0.3, 0.4) is 0 Å². The first-order valence-electron chi connectivity index (χ1n) is 7.83. The molecule has 140 valence electrons. The number of carbonyl (C=O) groups is 6. The maximum Gasteiger partial charge on any atom is 0.358 e. The molecule has 1 N–H and O–H groups in total. The van der Waals surface area contributed by atoms with E-state index in [2.05, 4.69) is 10.2 Å². The van der Waals surface area contributed by atoms with E-state index >= 15 is 0 Å². The van der Waals surface area contributed by atoms with Gasteiger partial charge in [0.25, 0.3) is 23.6 Å². The second kappa shape index (κ2) is 8.85. The van der Waals surface area contributed by atoms with Crippen LogP contribution < -0.4 is 5.32 Å². The molecule has 0 bridgehead atoms. The number of rotatable bonds is 9. The quantitative estimate of drug-likeness (QED) is 0.366. The molecule has 0 atom stereocenters. The highest BCUT2D eigenvalue weighted by molar-refractivity contribution is 6.13. The number of hydrogen-bond acceptors (Lipinski definition) is 8. The summed E-state index contributed by atoms with van der Waals surface area (Å²) in [5.41, 5.74) is 0. The molecule has 0 aliphatic carbocycles. The fraction of sp³-hybridized carbons (Fsp3) is 0.467. The Labute approximate surface area is 147 Å². The van der Waals surface area contributed by atoms with Crippen LogP contribution in [-0.4, -0.2) is 71.8 Å². The number of nitrogens with one attached hydrogen (secondary N) is 1. The fourth-order valence-corrected chi connectivity index (χ4v) is 2.16. The summed E-state index contributed by atoms with van der Waals surface area (Å²) >= 11 is 0. The molecule has 2 aliphatic heterocycles. The van der Waals surface area contributed by atoms with E-state index in [0.717, 1.165) is 17.1 Å². The lowest BCUT2D eigenvalue weighted by Gasteiger charge is -2.13. The number of nitrogens with zero attached hydrogens (tertiary/aromatic N) is 2. The molecule has 0 aromatic heterocycles. The van der Waals surface area contributed by atoms with Gasteiger partial charge < -0.3 is 14.9 Å². The van der Waals surface area contributed by atoms with E-state index in [4.69, 9.17) is 4.74 Å². The lowest BCUT2D eigenvalue weighted by Crippen LogP contribution is -2.36. The van der Waals surface area contributed by atoms with Crippen molar-refractivity contribution in [2.75, 3.05) is 26.3 Å². The van der Waals surface area contributed by atoms with Gasteiger partial charge in [0.2, 0.25) is 5.91 Å². The van der Waals surface area contributed by atoms with E-state index in [1.165, 1.54) is 0 Å². The molecule has 0 saturated carbocycles. The summed E-state index contributed by atoms with van der Waals surface area (Å²) in [5.74, 6) is -3.38. The average Bonchev–Trinajstić information content (AvgIpc) is 3.08. The number of ether oxygens (including phenoxy) is 1. The van der Waals surface area contributed by atoms with Gasteiger partial charge in [-0.25, -0.2) is 4.79 Å². The van der Waals surface area contributed by atoms with Crippen LogP contribution in [0.5, 0.6) is 0 Å². The van der Waals surface area contributed by atoms with E-state index in [1.807, 2.05) is 0 Å². The standard InChI is InChI=1S/C15H17N3O8/c19-10(5-7-17-11(20)1-2-12(17)21)16-6-8-25-9-15(24)26-18-13(22)3-4-14(18)23/h1-2H,3-9H2,(H,16,19). The maximum atomic E-state index is 11.6. The normalized spacial score (nSPS) is 16.6. The van der Waals surface area contributed by atoms with Gasteiger partial charge in [0.05, 0.1) is 6.61 Å². The molecule has 2 rings (SSSR count). The number of amides is 5. The zero-order chi connectivity index (χ0) is 19.1. The summed E-state index contributed by atoms with van der Waals surface area (Å²) in [5, 5.41) is 2.91. The Bertz CT molecular complexity index is 638. The van der Waals surface area contributed by atoms with Crippen molar-refractivity contribution in [3.8, 4) is 0 Å². The van der Waals surface area contributed by atoms with Crippen molar-refractivity contribution in [1.82, 2.24) is 15.3 Å². The summed E-state index contributed by atoms with van der Waals surface area (Å²) in [6.45, 7) is -0.434. The Balaban J connectivity index is 1.53. The molecule has 5 amide bonds. The van der Waals surface area contributed by atoms with Crippen molar-refractivity contribution in [1.29, 1.82) is 0 Å². The molecule has 0 radical (unpaired) electrons. The Hall–Kier alpha value is -3.08. The summed E-state index contributed by atoms with van der Waals surface area (Å²) in [7, 11) is 0. The van der Waals surface area contributed by atoms with Crippen LogP contribution in [0.1, 0.15) is 19.3 Å². The van der Waals surface area contributed by atoms with Gasteiger partial charge in [-0.15, -0.1) is 5.06 Å². The van der Waals surface area contributed by atoms with Gasteiger partial charge in [-0.3, -0.25) is 28.9 Å². The minimum absolute atomic E-state index is 0.00366. The van der Waals surface area contributed by atoms with Gasteiger partial charge in [-0.05, 0) is 0 Å².